The van der Waals surface area contributed by atoms with Gasteiger partial charge in [0.1, 0.15) is 5.00 Å². The summed E-state index contributed by atoms with van der Waals surface area (Å²) in [5, 5.41) is 3.40. The maximum atomic E-state index is 2.54. The Hall–Kier alpha value is -7.74. The van der Waals surface area contributed by atoms with Gasteiger partial charge in [0.15, 0.2) is 0 Å². The van der Waals surface area contributed by atoms with Gasteiger partial charge in [-0.05, 0) is 111 Å². The first kappa shape index (κ1) is 38.7. The number of rotatable bonds is 9. The molecule has 0 saturated carbocycles. The standard InChI is InChI=1S/C60H39N3S3/c1-5-14-40(15-6-1)44-24-30-48(31-25-44)61(49-32-26-45(27-33-49)41-16-7-2-8-17-41)54-39-53-58(65-54)60-56(62(53)50-34-28-46(29-35-50)42-18-9-3-10-19-42)55-59(66-60)57-52(36-37-64-57)63(55)51-23-13-22-47(38-51)43-20-11-4-12-21-43/h1-39H. The lowest BCUT2D eigenvalue weighted by molar-refractivity contribution is 1.15. The lowest BCUT2D eigenvalue weighted by Gasteiger charge is -2.24. The minimum absolute atomic E-state index is 1.11. The first-order valence-electron chi connectivity index (χ1n) is 22.1. The van der Waals surface area contributed by atoms with E-state index < -0.39 is 0 Å². The molecule has 0 N–H and O–H groups in total. The summed E-state index contributed by atoms with van der Waals surface area (Å²) in [6.45, 7) is 0. The van der Waals surface area contributed by atoms with Crippen LogP contribution in [0.3, 0.4) is 0 Å². The van der Waals surface area contributed by atoms with Crippen molar-refractivity contribution in [3.8, 4) is 55.9 Å². The molecule has 8 aromatic carbocycles. The molecule has 66 heavy (non-hydrogen) atoms. The van der Waals surface area contributed by atoms with Gasteiger partial charge in [-0.15, -0.1) is 34.0 Å². The van der Waals surface area contributed by atoms with E-state index in [9.17, 15) is 0 Å². The van der Waals surface area contributed by atoms with E-state index in [1.165, 1.54) is 85.4 Å². The summed E-state index contributed by atoms with van der Waals surface area (Å²) >= 11 is 5.65. The minimum Gasteiger partial charge on any atom is -0.306 e. The number of nitrogens with zero attached hydrogens (tertiary/aromatic N) is 3. The van der Waals surface area contributed by atoms with Gasteiger partial charge in [0, 0.05) is 22.7 Å². The minimum atomic E-state index is 1.11. The molecule has 13 aromatic rings. The molecule has 0 fully saturated rings. The van der Waals surface area contributed by atoms with Crippen molar-refractivity contribution in [3.05, 3.63) is 236 Å². The molecule has 5 aromatic heterocycles. The van der Waals surface area contributed by atoms with Crippen molar-refractivity contribution in [2.24, 2.45) is 0 Å². The number of benzene rings is 8. The van der Waals surface area contributed by atoms with E-state index >= 15 is 0 Å². The van der Waals surface area contributed by atoms with Crippen LogP contribution in [0.1, 0.15) is 0 Å². The fourth-order valence-electron chi connectivity index (χ4n) is 9.53. The van der Waals surface area contributed by atoms with Crippen LogP contribution in [0.5, 0.6) is 0 Å². The summed E-state index contributed by atoms with van der Waals surface area (Å²) in [5.41, 5.74) is 19.1. The van der Waals surface area contributed by atoms with Crippen LogP contribution in [-0.4, -0.2) is 9.13 Å². The van der Waals surface area contributed by atoms with Gasteiger partial charge >= 0.3 is 0 Å². The summed E-state index contributed by atoms with van der Waals surface area (Å²) in [5.74, 6) is 0. The molecule has 0 unspecified atom stereocenters. The van der Waals surface area contributed by atoms with Gasteiger partial charge in [-0.1, -0.05) is 170 Å². The first-order chi connectivity index (χ1) is 32.7. The Morgan fingerprint density at radius 3 is 1.27 bits per heavy atom. The van der Waals surface area contributed by atoms with Gasteiger partial charge in [-0.3, -0.25) is 0 Å². The average molecular weight is 898 g/mol. The van der Waals surface area contributed by atoms with E-state index in [4.69, 9.17) is 0 Å². The van der Waals surface area contributed by atoms with E-state index in [0.717, 1.165) is 27.8 Å². The van der Waals surface area contributed by atoms with Crippen LogP contribution in [-0.2, 0) is 0 Å². The van der Waals surface area contributed by atoms with Crippen LogP contribution < -0.4 is 4.90 Å². The molecule has 312 valence electrons. The van der Waals surface area contributed by atoms with Crippen LogP contribution in [0.15, 0.2) is 236 Å². The molecular weight excluding hydrogens is 859 g/mol. The van der Waals surface area contributed by atoms with Crippen molar-refractivity contribution >= 4 is 91.3 Å². The highest BCUT2D eigenvalue weighted by Crippen LogP contribution is 2.53. The fraction of sp³-hybridized carbons (Fsp3) is 0. The highest BCUT2D eigenvalue weighted by atomic mass is 32.1. The zero-order chi connectivity index (χ0) is 43.6. The zero-order valence-electron chi connectivity index (χ0n) is 35.6. The Morgan fingerprint density at radius 1 is 0.303 bits per heavy atom. The van der Waals surface area contributed by atoms with Crippen molar-refractivity contribution in [1.82, 2.24) is 9.13 Å². The van der Waals surface area contributed by atoms with E-state index in [1.807, 2.05) is 34.0 Å². The van der Waals surface area contributed by atoms with E-state index in [2.05, 4.69) is 250 Å². The van der Waals surface area contributed by atoms with E-state index in [0.29, 0.717) is 0 Å². The van der Waals surface area contributed by atoms with Crippen LogP contribution in [0.2, 0.25) is 0 Å². The summed E-state index contributed by atoms with van der Waals surface area (Å²) in [4.78, 5) is 2.43. The van der Waals surface area contributed by atoms with E-state index in [-0.39, 0.29) is 0 Å². The second-order valence-electron chi connectivity index (χ2n) is 16.6. The summed E-state index contributed by atoms with van der Waals surface area (Å²) < 4.78 is 10.3. The van der Waals surface area contributed by atoms with Gasteiger partial charge in [-0.25, -0.2) is 0 Å². The third-order valence-electron chi connectivity index (χ3n) is 12.7. The monoisotopic (exact) mass is 897 g/mol. The lowest BCUT2D eigenvalue weighted by Crippen LogP contribution is -2.08. The number of anilines is 3. The maximum absolute atomic E-state index is 2.54. The molecule has 0 radical (unpaired) electrons. The molecule has 6 heteroatoms. The Morgan fingerprint density at radius 2 is 0.742 bits per heavy atom. The Balaban J connectivity index is 1.04. The Labute approximate surface area is 394 Å². The van der Waals surface area contributed by atoms with Crippen LogP contribution in [0.25, 0.3) is 96.7 Å². The Bertz CT molecular complexity index is 3740. The molecule has 0 aliphatic carbocycles. The topological polar surface area (TPSA) is 13.1 Å². The molecule has 0 bridgehead atoms. The molecular formula is C60H39N3S3. The first-order valence-corrected chi connectivity index (χ1v) is 24.7. The van der Waals surface area contributed by atoms with Gasteiger partial charge in [0.05, 0.1) is 40.9 Å². The average Bonchev–Trinajstić information content (AvgIpc) is 4.22. The predicted molar refractivity (Wildman–Crippen MR) is 285 cm³/mol. The molecule has 13 rings (SSSR count). The molecule has 0 aliphatic rings. The zero-order valence-corrected chi connectivity index (χ0v) is 38.0. The normalized spacial score (nSPS) is 11.6. The number of hydrogen-bond donors (Lipinski definition) is 0. The molecule has 5 heterocycles. The summed E-state index contributed by atoms with van der Waals surface area (Å²) in [6, 6.07) is 83.6. The quantitative estimate of drug-likeness (QED) is 0.141. The largest absolute Gasteiger partial charge is 0.306 e. The van der Waals surface area contributed by atoms with Crippen molar-refractivity contribution < 1.29 is 0 Å². The molecule has 0 amide bonds. The molecule has 0 spiro atoms. The highest BCUT2D eigenvalue weighted by molar-refractivity contribution is 7.34. The van der Waals surface area contributed by atoms with Crippen molar-refractivity contribution in [2.45, 2.75) is 0 Å². The molecule has 0 aliphatic heterocycles. The molecule has 0 saturated heterocycles. The maximum Gasteiger partial charge on any atom is 0.103 e. The van der Waals surface area contributed by atoms with Crippen LogP contribution >= 0.6 is 34.0 Å². The molecule has 0 atom stereocenters. The second kappa shape index (κ2) is 16.1. The number of hydrogen-bond acceptors (Lipinski definition) is 4. The lowest BCUT2D eigenvalue weighted by atomic mass is 10.0. The second-order valence-corrected chi connectivity index (χ2v) is 19.5. The molecule has 3 nitrogen and oxygen atoms in total. The summed E-state index contributed by atoms with van der Waals surface area (Å²) in [6.07, 6.45) is 0. The summed E-state index contributed by atoms with van der Waals surface area (Å²) in [7, 11) is 0. The predicted octanol–water partition coefficient (Wildman–Crippen LogP) is 18.2. The number of fused-ring (bicyclic) bond motifs is 7. The van der Waals surface area contributed by atoms with Crippen molar-refractivity contribution in [2.75, 3.05) is 4.90 Å². The van der Waals surface area contributed by atoms with Crippen LogP contribution in [0, 0.1) is 0 Å². The van der Waals surface area contributed by atoms with Gasteiger partial charge in [0.2, 0.25) is 0 Å². The highest BCUT2D eigenvalue weighted by Gasteiger charge is 2.28. The van der Waals surface area contributed by atoms with Gasteiger partial charge < -0.3 is 14.0 Å². The van der Waals surface area contributed by atoms with Gasteiger partial charge in [-0.2, -0.15) is 0 Å². The van der Waals surface area contributed by atoms with Crippen molar-refractivity contribution in [3.63, 3.8) is 0 Å². The third kappa shape index (κ3) is 6.53. The van der Waals surface area contributed by atoms with E-state index in [1.54, 1.807) is 0 Å². The SMILES string of the molecule is c1ccc(-c2ccc(N(c3ccc(-c4ccccc4)cc3)c3cc4c(s3)c3sc5c6sccc6n(-c6cccc(-c7ccccc7)c6)c5c3n4-c3ccc(-c4ccccc4)cc3)cc2)cc1. The van der Waals surface area contributed by atoms with Crippen LogP contribution in [0.4, 0.5) is 16.4 Å². The number of aromatic nitrogens is 2. The third-order valence-corrected chi connectivity index (χ3v) is 16.2. The smallest absolute Gasteiger partial charge is 0.103 e. The van der Waals surface area contributed by atoms with Crippen molar-refractivity contribution in [1.29, 1.82) is 0 Å². The Kier molecular flexibility index (Phi) is 9.41. The van der Waals surface area contributed by atoms with Gasteiger partial charge in [0.25, 0.3) is 0 Å². The fourth-order valence-corrected chi connectivity index (χ4v) is 13.2. The number of thiophene rings is 3.